The van der Waals surface area contributed by atoms with Gasteiger partial charge in [0.1, 0.15) is 5.82 Å². The molecule has 4 saturated heterocycles. The third kappa shape index (κ3) is 3.75. The molecule has 4 heterocycles. The van der Waals surface area contributed by atoms with Crippen molar-refractivity contribution in [3.05, 3.63) is 35.6 Å². The van der Waals surface area contributed by atoms with Crippen LogP contribution in [0, 0.1) is 11.7 Å². The van der Waals surface area contributed by atoms with Crippen molar-refractivity contribution in [2.24, 2.45) is 5.92 Å². The molecule has 0 radical (unpaired) electrons. The first kappa shape index (κ1) is 18.8. The summed E-state index contributed by atoms with van der Waals surface area (Å²) in [6, 6.07) is 7.09. The van der Waals surface area contributed by atoms with E-state index in [1.807, 2.05) is 17.0 Å². The second-order valence-corrected chi connectivity index (χ2v) is 9.81. The molecular weight excluding hydrogens is 369 g/mol. The molecule has 27 heavy (non-hydrogen) atoms. The zero-order valence-corrected chi connectivity index (χ0v) is 16.3. The van der Waals surface area contributed by atoms with Crippen LogP contribution in [-0.2, 0) is 14.8 Å². The van der Waals surface area contributed by atoms with Gasteiger partial charge in [0.05, 0.1) is 12.3 Å². The first-order valence-electron chi connectivity index (χ1n) is 9.57. The predicted molar refractivity (Wildman–Crippen MR) is 100 cm³/mol. The normalized spacial score (nSPS) is 32.5. The van der Waals surface area contributed by atoms with E-state index in [1.165, 1.54) is 12.1 Å². The van der Waals surface area contributed by atoms with E-state index in [0.717, 1.165) is 37.8 Å². The van der Waals surface area contributed by atoms with E-state index in [2.05, 4.69) is 9.62 Å². The fourth-order valence-electron chi connectivity index (χ4n) is 5.19. The van der Waals surface area contributed by atoms with Gasteiger partial charge in [0.25, 0.3) is 0 Å². The van der Waals surface area contributed by atoms with Crippen molar-refractivity contribution < 1.29 is 17.6 Å². The molecule has 1 aromatic carbocycles. The van der Waals surface area contributed by atoms with Gasteiger partial charge in [-0.1, -0.05) is 12.1 Å². The molecule has 0 aromatic heterocycles. The number of rotatable bonds is 5. The fourth-order valence-corrected chi connectivity index (χ4v) is 5.67. The molecule has 0 saturated carbocycles. The highest BCUT2D eigenvalue weighted by Gasteiger charge is 2.54. The molecule has 0 spiro atoms. The van der Waals surface area contributed by atoms with Crippen LogP contribution in [0.5, 0.6) is 0 Å². The van der Waals surface area contributed by atoms with E-state index >= 15 is 0 Å². The average Bonchev–Trinajstić information content (AvgIpc) is 3.05. The number of sulfonamides is 1. The Morgan fingerprint density at radius 3 is 2.48 bits per heavy atom. The molecule has 0 aliphatic carbocycles. The van der Waals surface area contributed by atoms with E-state index in [9.17, 15) is 17.6 Å². The van der Waals surface area contributed by atoms with Crippen LogP contribution >= 0.6 is 0 Å². The Bertz CT molecular complexity index is 806. The van der Waals surface area contributed by atoms with E-state index in [0.29, 0.717) is 12.5 Å². The molecule has 4 fully saturated rings. The largest absolute Gasteiger partial charge is 0.337 e. The third-order valence-corrected chi connectivity index (χ3v) is 7.04. The Kier molecular flexibility index (Phi) is 4.98. The van der Waals surface area contributed by atoms with Crippen molar-refractivity contribution in [1.29, 1.82) is 0 Å². The maximum Gasteiger partial charge on any atom is 0.224 e. The lowest BCUT2D eigenvalue weighted by molar-refractivity contribution is -0.135. The van der Waals surface area contributed by atoms with Gasteiger partial charge in [-0.05, 0) is 49.5 Å². The van der Waals surface area contributed by atoms with Gasteiger partial charge in [0, 0.05) is 31.5 Å². The third-order valence-electron chi connectivity index (χ3n) is 6.32. The Hall–Kier alpha value is -1.51. The van der Waals surface area contributed by atoms with Crippen molar-refractivity contribution in [3.8, 4) is 0 Å². The summed E-state index contributed by atoms with van der Waals surface area (Å²) in [6.07, 6.45) is 3.46. The van der Waals surface area contributed by atoms with Crippen LogP contribution in [0.3, 0.4) is 0 Å². The highest BCUT2D eigenvalue weighted by atomic mass is 32.2. The molecule has 4 aliphatic heterocycles. The molecule has 1 N–H and O–H groups in total. The SMILES string of the molecule is CS(=O)(=O)NCCC(=O)N1C[C@@H](c2ccc(F)cc2)[C@@H]2[C@H]1C1CCN2CC1. The quantitative estimate of drug-likeness (QED) is 0.812. The average molecular weight is 396 g/mol. The number of amides is 1. The summed E-state index contributed by atoms with van der Waals surface area (Å²) in [5.41, 5.74) is 1.07. The zero-order valence-electron chi connectivity index (χ0n) is 15.5. The Balaban J connectivity index is 1.55. The van der Waals surface area contributed by atoms with Crippen molar-refractivity contribution in [3.63, 3.8) is 0 Å². The molecule has 2 bridgehead atoms. The number of nitrogens with one attached hydrogen (secondary N) is 1. The van der Waals surface area contributed by atoms with Gasteiger partial charge in [-0.15, -0.1) is 0 Å². The van der Waals surface area contributed by atoms with Crippen molar-refractivity contribution in [2.75, 3.05) is 32.4 Å². The summed E-state index contributed by atoms with van der Waals surface area (Å²) in [5, 5.41) is 0. The molecule has 8 heteroatoms. The van der Waals surface area contributed by atoms with Crippen LogP contribution in [0.2, 0.25) is 0 Å². The van der Waals surface area contributed by atoms with Crippen LogP contribution in [0.15, 0.2) is 24.3 Å². The molecule has 1 aromatic rings. The molecule has 1 amide bonds. The maximum atomic E-state index is 13.4. The molecule has 4 aliphatic rings. The number of benzene rings is 1. The predicted octanol–water partition coefficient (Wildman–Crippen LogP) is 1.15. The molecule has 0 unspecified atom stereocenters. The second-order valence-electron chi connectivity index (χ2n) is 7.98. The van der Waals surface area contributed by atoms with Crippen LogP contribution in [0.4, 0.5) is 4.39 Å². The number of fused-ring (bicyclic) bond motifs is 2. The van der Waals surface area contributed by atoms with Crippen LogP contribution in [-0.4, -0.2) is 68.6 Å². The Labute approximate surface area is 159 Å². The number of piperidine rings is 3. The summed E-state index contributed by atoms with van der Waals surface area (Å²) in [7, 11) is -3.30. The standard InChI is InChI=1S/C19H26FN3O3S/c1-27(25,26)21-9-6-17(24)23-12-16(13-2-4-15(20)5-3-13)19-18(23)14-7-10-22(19)11-8-14/h2-5,14,16,18-19,21H,6-12H2,1H3/t16-,18+,19+/m0/s1. The van der Waals surface area contributed by atoms with Crippen LogP contribution in [0.25, 0.3) is 0 Å². The summed E-state index contributed by atoms with van der Waals surface area (Å²) in [5.74, 6) is 0.417. The smallest absolute Gasteiger partial charge is 0.224 e. The highest BCUT2D eigenvalue weighted by Crippen LogP contribution is 2.46. The lowest BCUT2D eigenvalue weighted by atomic mass is 9.75. The van der Waals surface area contributed by atoms with E-state index in [-0.39, 0.29) is 42.7 Å². The number of halogens is 1. The summed E-state index contributed by atoms with van der Waals surface area (Å²) in [4.78, 5) is 17.4. The van der Waals surface area contributed by atoms with Gasteiger partial charge in [-0.25, -0.2) is 17.5 Å². The molecule has 3 atom stereocenters. The van der Waals surface area contributed by atoms with Crippen molar-refractivity contribution in [2.45, 2.75) is 37.3 Å². The lowest BCUT2D eigenvalue weighted by Crippen LogP contribution is -2.60. The van der Waals surface area contributed by atoms with E-state index < -0.39 is 10.0 Å². The van der Waals surface area contributed by atoms with Crippen molar-refractivity contribution in [1.82, 2.24) is 14.5 Å². The minimum atomic E-state index is -3.30. The topological polar surface area (TPSA) is 69.7 Å². The molecule has 5 rings (SSSR count). The van der Waals surface area contributed by atoms with E-state index in [1.54, 1.807) is 0 Å². The van der Waals surface area contributed by atoms with Gasteiger partial charge >= 0.3 is 0 Å². The number of carbonyl (C=O) groups excluding carboxylic acids is 1. The van der Waals surface area contributed by atoms with Gasteiger partial charge in [-0.3, -0.25) is 9.69 Å². The maximum absolute atomic E-state index is 13.4. The monoisotopic (exact) mass is 395 g/mol. The molecule has 148 valence electrons. The summed E-state index contributed by atoms with van der Waals surface area (Å²) < 4.78 is 38.3. The van der Waals surface area contributed by atoms with Crippen LogP contribution < -0.4 is 4.72 Å². The number of carbonyl (C=O) groups is 1. The Morgan fingerprint density at radius 1 is 1.19 bits per heavy atom. The number of nitrogens with zero attached hydrogens (tertiary/aromatic N) is 2. The van der Waals surface area contributed by atoms with Gasteiger partial charge in [0.15, 0.2) is 0 Å². The fraction of sp³-hybridized carbons (Fsp3) is 0.632. The number of hydrogen-bond acceptors (Lipinski definition) is 4. The first-order valence-corrected chi connectivity index (χ1v) is 11.5. The first-order chi connectivity index (χ1) is 12.8. The summed E-state index contributed by atoms with van der Waals surface area (Å²) in [6.45, 7) is 2.86. The van der Waals surface area contributed by atoms with Gasteiger partial charge in [0.2, 0.25) is 15.9 Å². The van der Waals surface area contributed by atoms with Crippen LogP contribution in [0.1, 0.15) is 30.7 Å². The number of hydrogen-bond donors (Lipinski definition) is 1. The molecular formula is C19H26FN3O3S. The van der Waals surface area contributed by atoms with Gasteiger partial charge < -0.3 is 4.90 Å². The lowest BCUT2D eigenvalue weighted by Gasteiger charge is -2.51. The molecule has 6 nitrogen and oxygen atoms in total. The second kappa shape index (κ2) is 7.14. The van der Waals surface area contributed by atoms with Gasteiger partial charge in [-0.2, -0.15) is 0 Å². The minimum absolute atomic E-state index is 0.000452. The summed E-state index contributed by atoms with van der Waals surface area (Å²) >= 11 is 0. The minimum Gasteiger partial charge on any atom is -0.337 e. The van der Waals surface area contributed by atoms with Crippen molar-refractivity contribution >= 4 is 15.9 Å². The number of likely N-dealkylation sites (tertiary alicyclic amines) is 1. The highest BCUT2D eigenvalue weighted by molar-refractivity contribution is 7.88. The Morgan fingerprint density at radius 2 is 1.85 bits per heavy atom. The van der Waals surface area contributed by atoms with E-state index in [4.69, 9.17) is 0 Å². The zero-order chi connectivity index (χ0) is 19.2.